The number of hydrogen-bond donors (Lipinski definition) is 1. The molecule has 2 aromatic rings. The van der Waals surface area contributed by atoms with E-state index in [4.69, 9.17) is 4.42 Å². The summed E-state index contributed by atoms with van der Waals surface area (Å²) in [6.45, 7) is 4.08. The molecule has 0 saturated carbocycles. The van der Waals surface area contributed by atoms with Crippen LogP contribution >= 0.6 is 0 Å². The van der Waals surface area contributed by atoms with E-state index in [-0.39, 0.29) is 11.8 Å². The highest BCUT2D eigenvalue weighted by Crippen LogP contribution is 2.37. The number of anilines is 1. The third-order valence-corrected chi connectivity index (χ3v) is 3.44. The number of benzene rings is 1. The maximum atomic E-state index is 12.1. The summed E-state index contributed by atoms with van der Waals surface area (Å²) in [5.74, 6) is 0.780. The van der Waals surface area contributed by atoms with Gasteiger partial charge in [-0.25, -0.2) is 0 Å². The van der Waals surface area contributed by atoms with Crippen molar-refractivity contribution < 1.29 is 9.21 Å². The quantitative estimate of drug-likeness (QED) is 0.877. The number of carbonyl (C=O) groups is 1. The van der Waals surface area contributed by atoms with Crippen LogP contribution in [0.5, 0.6) is 0 Å². The van der Waals surface area contributed by atoms with E-state index in [2.05, 4.69) is 24.4 Å². The Labute approximate surface area is 106 Å². The zero-order chi connectivity index (χ0) is 12.7. The molecule has 2 heterocycles. The number of rotatable bonds is 2. The van der Waals surface area contributed by atoms with Gasteiger partial charge in [0.25, 0.3) is 0 Å². The predicted molar refractivity (Wildman–Crippen MR) is 69.7 cm³/mol. The maximum Gasteiger partial charge on any atom is 0.232 e. The predicted octanol–water partition coefficient (Wildman–Crippen LogP) is 3.17. The molecule has 1 aromatic carbocycles. The maximum absolute atomic E-state index is 12.1. The average molecular weight is 241 g/mol. The minimum atomic E-state index is -0.134. The van der Waals surface area contributed by atoms with E-state index in [0.717, 1.165) is 22.6 Å². The smallest absolute Gasteiger partial charge is 0.232 e. The van der Waals surface area contributed by atoms with Gasteiger partial charge in [0.05, 0.1) is 12.2 Å². The first kappa shape index (κ1) is 11.1. The van der Waals surface area contributed by atoms with Crippen LogP contribution in [-0.2, 0) is 11.2 Å². The lowest BCUT2D eigenvalue weighted by Crippen LogP contribution is -2.14. The Morgan fingerprint density at radius 3 is 2.89 bits per heavy atom. The molecule has 0 spiro atoms. The van der Waals surface area contributed by atoms with Crippen LogP contribution in [0.4, 0.5) is 5.69 Å². The van der Waals surface area contributed by atoms with Crippen LogP contribution in [-0.4, -0.2) is 5.91 Å². The Morgan fingerprint density at radius 1 is 1.33 bits per heavy atom. The van der Waals surface area contributed by atoms with Crippen LogP contribution < -0.4 is 5.32 Å². The van der Waals surface area contributed by atoms with E-state index in [1.165, 1.54) is 5.56 Å². The molecule has 1 atom stereocenters. The second-order valence-electron chi connectivity index (χ2n) is 4.87. The molecular formula is C15H15NO2. The monoisotopic (exact) mass is 241 g/mol. The molecule has 0 radical (unpaired) electrons. The van der Waals surface area contributed by atoms with Gasteiger partial charge in [0, 0.05) is 12.1 Å². The fourth-order valence-corrected chi connectivity index (χ4v) is 2.63. The van der Waals surface area contributed by atoms with Crippen molar-refractivity contribution in [3.8, 4) is 0 Å². The minimum absolute atomic E-state index is 0.0649. The highest BCUT2D eigenvalue weighted by Gasteiger charge is 2.32. The van der Waals surface area contributed by atoms with E-state index in [1.807, 2.05) is 19.1 Å². The molecule has 3 heteroatoms. The lowest BCUT2D eigenvalue weighted by molar-refractivity contribution is -0.117. The van der Waals surface area contributed by atoms with Crippen LogP contribution in [0.2, 0.25) is 0 Å². The lowest BCUT2D eigenvalue weighted by atomic mass is 9.93. The number of aryl methyl sites for hydroxylation is 2. The largest absolute Gasteiger partial charge is 0.469 e. The molecular weight excluding hydrogens is 226 g/mol. The van der Waals surface area contributed by atoms with Gasteiger partial charge in [-0.1, -0.05) is 17.7 Å². The summed E-state index contributed by atoms with van der Waals surface area (Å²) in [5, 5.41) is 2.97. The fourth-order valence-electron chi connectivity index (χ4n) is 2.63. The van der Waals surface area contributed by atoms with Gasteiger partial charge in [0.2, 0.25) is 5.91 Å². The van der Waals surface area contributed by atoms with E-state index in [1.54, 1.807) is 6.26 Å². The Balaban J connectivity index is 2.01. The summed E-state index contributed by atoms with van der Waals surface area (Å²) in [7, 11) is 0. The van der Waals surface area contributed by atoms with Gasteiger partial charge in [-0.3, -0.25) is 4.79 Å². The van der Waals surface area contributed by atoms with E-state index in [9.17, 15) is 4.79 Å². The first-order valence-electron chi connectivity index (χ1n) is 6.09. The highest BCUT2D eigenvalue weighted by atomic mass is 16.3. The molecule has 0 unspecified atom stereocenters. The van der Waals surface area contributed by atoms with Gasteiger partial charge < -0.3 is 9.73 Å². The number of carbonyl (C=O) groups excluding carboxylic acids is 1. The summed E-state index contributed by atoms with van der Waals surface area (Å²) in [4.78, 5) is 12.1. The van der Waals surface area contributed by atoms with Crippen LogP contribution in [0.15, 0.2) is 34.9 Å². The van der Waals surface area contributed by atoms with E-state index < -0.39 is 0 Å². The standard InChI is InChI=1S/C15H15NO2/c1-9-6-10(2)14-12(7-9)13(15(17)16-14)8-11-4-3-5-18-11/h3-7,13H,8H2,1-2H3,(H,16,17)/t13-/m0/s1. The number of fused-ring (bicyclic) bond motifs is 1. The molecule has 1 aliphatic rings. The first-order valence-corrected chi connectivity index (χ1v) is 6.09. The fraction of sp³-hybridized carbons (Fsp3) is 0.267. The molecule has 18 heavy (non-hydrogen) atoms. The van der Waals surface area contributed by atoms with Gasteiger partial charge in [0.1, 0.15) is 5.76 Å². The highest BCUT2D eigenvalue weighted by molar-refractivity contribution is 6.03. The van der Waals surface area contributed by atoms with Crippen molar-refractivity contribution in [1.29, 1.82) is 0 Å². The van der Waals surface area contributed by atoms with Crippen molar-refractivity contribution in [2.75, 3.05) is 5.32 Å². The van der Waals surface area contributed by atoms with Crippen molar-refractivity contribution in [2.45, 2.75) is 26.2 Å². The molecule has 0 fully saturated rings. The zero-order valence-electron chi connectivity index (χ0n) is 10.5. The van der Waals surface area contributed by atoms with Gasteiger partial charge in [-0.05, 0) is 37.1 Å². The Hall–Kier alpha value is -2.03. The van der Waals surface area contributed by atoms with Crippen LogP contribution in [0, 0.1) is 13.8 Å². The number of hydrogen-bond acceptors (Lipinski definition) is 2. The molecule has 1 aliphatic heterocycles. The lowest BCUT2D eigenvalue weighted by Gasteiger charge is -2.08. The molecule has 0 aliphatic carbocycles. The van der Waals surface area contributed by atoms with Crippen LogP contribution in [0.25, 0.3) is 0 Å². The number of amides is 1. The Morgan fingerprint density at radius 2 is 2.17 bits per heavy atom. The molecule has 3 rings (SSSR count). The summed E-state index contributed by atoms with van der Waals surface area (Å²) < 4.78 is 5.34. The average Bonchev–Trinajstić information content (AvgIpc) is 2.91. The molecule has 3 nitrogen and oxygen atoms in total. The van der Waals surface area contributed by atoms with Crippen molar-refractivity contribution in [1.82, 2.24) is 0 Å². The second kappa shape index (κ2) is 4.02. The van der Waals surface area contributed by atoms with Crippen molar-refractivity contribution in [3.63, 3.8) is 0 Å². The molecule has 1 aromatic heterocycles. The zero-order valence-corrected chi connectivity index (χ0v) is 10.5. The number of nitrogens with one attached hydrogen (secondary N) is 1. The molecule has 92 valence electrons. The summed E-state index contributed by atoms with van der Waals surface area (Å²) in [6, 6.07) is 7.95. The van der Waals surface area contributed by atoms with Crippen LogP contribution in [0.3, 0.4) is 0 Å². The van der Waals surface area contributed by atoms with Crippen molar-refractivity contribution in [3.05, 3.63) is 53.0 Å². The third-order valence-electron chi connectivity index (χ3n) is 3.44. The molecule has 0 saturated heterocycles. The van der Waals surface area contributed by atoms with E-state index >= 15 is 0 Å². The van der Waals surface area contributed by atoms with Crippen molar-refractivity contribution in [2.24, 2.45) is 0 Å². The van der Waals surface area contributed by atoms with Gasteiger partial charge in [0.15, 0.2) is 0 Å². The third kappa shape index (κ3) is 1.72. The van der Waals surface area contributed by atoms with Crippen molar-refractivity contribution >= 4 is 11.6 Å². The normalized spacial score (nSPS) is 17.7. The summed E-state index contributed by atoms with van der Waals surface area (Å²) in [5.41, 5.74) is 4.38. The van der Waals surface area contributed by atoms with E-state index in [0.29, 0.717) is 6.42 Å². The first-order chi connectivity index (χ1) is 8.65. The summed E-state index contributed by atoms with van der Waals surface area (Å²) >= 11 is 0. The second-order valence-corrected chi connectivity index (χ2v) is 4.87. The van der Waals surface area contributed by atoms with Crippen LogP contribution in [0.1, 0.15) is 28.4 Å². The molecule has 1 N–H and O–H groups in total. The molecule has 0 bridgehead atoms. The molecule has 1 amide bonds. The Kier molecular flexibility index (Phi) is 2.47. The Bertz CT molecular complexity index is 599. The topological polar surface area (TPSA) is 42.2 Å². The summed E-state index contributed by atoms with van der Waals surface area (Å²) in [6.07, 6.45) is 2.26. The van der Waals surface area contributed by atoms with Gasteiger partial charge in [-0.15, -0.1) is 0 Å². The van der Waals surface area contributed by atoms with Gasteiger partial charge in [-0.2, -0.15) is 0 Å². The minimum Gasteiger partial charge on any atom is -0.469 e. The SMILES string of the molecule is Cc1cc(C)c2c(c1)[C@H](Cc1ccco1)C(=O)N2. The van der Waals surface area contributed by atoms with Gasteiger partial charge >= 0.3 is 0 Å². The number of furan rings is 1.